The highest BCUT2D eigenvalue weighted by Gasteiger charge is 2.37. The third-order valence-electron chi connectivity index (χ3n) is 6.17. The molecule has 1 aliphatic rings. The Morgan fingerprint density at radius 1 is 0.811 bits per heavy atom. The van der Waals surface area contributed by atoms with E-state index < -0.39 is 35.4 Å². The molecule has 9 heteroatoms. The largest absolute Gasteiger partial charge is 0.481 e. The Labute approximate surface area is 209 Å². The van der Waals surface area contributed by atoms with Gasteiger partial charge < -0.3 is 5.11 Å². The molecule has 2 unspecified atom stereocenters. The van der Waals surface area contributed by atoms with Crippen LogP contribution in [0.1, 0.15) is 54.5 Å². The number of halogens is 6. The molecule has 0 radical (unpaired) electrons. The van der Waals surface area contributed by atoms with E-state index >= 15 is 0 Å². The van der Waals surface area contributed by atoms with Gasteiger partial charge in [0, 0.05) is 6.21 Å². The summed E-state index contributed by atoms with van der Waals surface area (Å²) in [6.07, 6.45) is -7.99. The molecule has 3 aromatic rings. The Balaban J connectivity index is 1.92. The average molecular weight is 519 g/mol. The van der Waals surface area contributed by atoms with E-state index in [1.165, 1.54) is 12.1 Å². The number of carboxylic acid groups (broad SMARTS) is 1. The molecule has 0 fully saturated rings. The predicted octanol–water partition coefficient (Wildman–Crippen LogP) is 8.40. The highest BCUT2D eigenvalue weighted by molar-refractivity contribution is 5.82. The van der Waals surface area contributed by atoms with E-state index in [2.05, 4.69) is 4.99 Å². The van der Waals surface area contributed by atoms with Crippen LogP contribution in [0.25, 0.3) is 22.3 Å². The predicted molar refractivity (Wildman–Crippen MR) is 128 cm³/mol. The van der Waals surface area contributed by atoms with Gasteiger partial charge in [0.25, 0.3) is 0 Å². The summed E-state index contributed by atoms with van der Waals surface area (Å²) in [6, 6.07) is 13.1. The lowest BCUT2D eigenvalue weighted by Crippen LogP contribution is -2.14. The van der Waals surface area contributed by atoms with Gasteiger partial charge in [-0.2, -0.15) is 26.3 Å². The van der Waals surface area contributed by atoms with E-state index in [9.17, 15) is 36.2 Å². The van der Waals surface area contributed by atoms with E-state index in [-0.39, 0.29) is 35.6 Å². The molecule has 0 aliphatic carbocycles. The fourth-order valence-electron chi connectivity index (χ4n) is 4.25. The standard InChI is InChI=1S/C28H23F6NO2/c1-15(2)7-24(26(36)37)21-9-18(16-3-5-17(6-4-16)25-14-35-25)8-19(10-21)20-11-22(27(29,30)31)13-23(12-20)28(32,33)34/h3-6,8-15,24-25H,7H2,1-2H3,(H,36,37). The van der Waals surface area contributed by atoms with Crippen LogP contribution in [0.4, 0.5) is 26.3 Å². The van der Waals surface area contributed by atoms with Crippen molar-refractivity contribution in [2.75, 3.05) is 0 Å². The second kappa shape index (κ2) is 9.68. The number of aliphatic carboxylic acids is 1. The molecule has 0 bridgehead atoms. The first-order valence-electron chi connectivity index (χ1n) is 11.5. The molecule has 0 amide bonds. The summed E-state index contributed by atoms with van der Waals surface area (Å²) in [6.45, 7) is 3.67. The smallest absolute Gasteiger partial charge is 0.416 e. The van der Waals surface area contributed by atoms with E-state index in [0.29, 0.717) is 28.8 Å². The lowest BCUT2D eigenvalue weighted by atomic mass is 9.86. The lowest BCUT2D eigenvalue weighted by molar-refractivity contribution is -0.143. The number of benzene rings is 3. The van der Waals surface area contributed by atoms with Crippen LogP contribution in [-0.2, 0) is 17.1 Å². The number of carboxylic acids is 1. The van der Waals surface area contributed by atoms with Gasteiger partial charge in [0.1, 0.15) is 6.04 Å². The maximum absolute atomic E-state index is 13.5. The van der Waals surface area contributed by atoms with Crippen LogP contribution in [0.5, 0.6) is 0 Å². The van der Waals surface area contributed by atoms with Crippen LogP contribution in [0.15, 0.2) is 65.7 Å². The SMILES string of the molecule is CC(C)CC(C(=O)O)c1cc(-c2ccc(C3C=N3)cc2)cc(-c2cc(C(F)(F)F)cc(C(F)(F)F)c2)c1. The maximum Gasteiger partial charge on any atom is 0.416 e. The number of hydrogen-bond acceptors (Lipinski definition) is 2. The van der Waals surface area contributed by atoms with Crippen molar-refractivity contribution in [2.45, 2.75) is 44.6 Å². The number of alkyl halides is 6. The molecule has 4 rings (SSSR count). The number of aliphatic imine (C=N–C) groups is 1. The molecule has 1 aliphatic heterocycles. The lowest BCUT2D eigenvalue weighted by Gasteiger charge is -2.19. The zero-order chi connectivity index (χ0) is 27.1. The number of hydrogen-bond donors (Lipinski definition) is 1. The van der Waals surface area contributed by atoms with Gasteiger partial charge in [-0.3, -0.25) is 9.79 Å². The van der Waals surface area contributed by atoms with Crippen LogP contribution in [0.3, 0.4) is 0 Å². The first kappa shape index (κ1) is 26.4. The van der Waals surface area contributed by atoms with Crippen molar-refractivity contribution in [2.24, 2.45) is 10.9 Å². The molecule has 0 saturated heterocycles. The Morgan fingerprint density at radius 2 is 1.30 bits per heavy atom. The summed E-state index contributed by atoms with van der Waals surface area (Å²) in [5.41, 5.74) is -0.744. The summed E-state index contributed by atoms with van der Waals surface area (Å²) < 4.78 is 81.0. The van der Waals surface area contributed by atoms with E-state index in [0.717, 1.165) is 5.56 Å². The van der Waals surface area contributed by atoms with E-state index in [1.54, 1.807) is 24.4 Å². The second-order valence-electron chi connectivity index (χ2n) is 9.52. The summed E-state index contributed by atoms with van der Waals surface area (Å²) in [4.78, 5) is 16.2. The highest BCUT2D eigenvalue weighted by Crippen LogP contribution is 2.41. The van der Waals surface area contributed by atoms with Crippen molar-refractivity contribution in [1.82, 2.24) is 0 Å². The Hall–Kier alpha value is -3.62. The number of nitrogens with zero attached hydrogens (tertiary/aromatic N) is 1. The minimum atomic E-state index is -5.00. The third-order valence-corrected chi connectivity index (χ3v) is 6.17. The molecule has 0 saturated carbocycles. The van der Waals surface area contributed by atoms with Crippen LogP contribution >= 0.6 is 0 Å². The topological polar surface area (TPSA) is 49.7 Å². The molecule has 0 aromatic heterocycles. The van der Waals surface area contributed by atoms with Crippen molar-refractivity contribution in [3.8, 4) is 22.3 Å². The average Bonchev–Trinajstić information content (AvgIpc) is 3.66. The molecule has 37 heavy (non-hydrogen) atoms. The highest BCUT2D eigenvalue weighted by atomic mass is 19.4. The van der Waals surface area contributed by atoms with Crippen LogP contribution in [-0.4, -0.2) is 17.3 Å². The second-order valence-corrected chi connectivity index (χ2v) is 9.52. The molecule has 1 heterocycles. The van der Waals surface area contributed by atoms with Crippen molar-refractivity contribution in [3.05, 3.63) is 82.9 Å². The van der Waals surface area contributed by atoms with Gasteiger partial charge in [-0.25, -0.2) is 0 Å². The fourth-order valence-corrected chi connectivity index (χ4v) is 4.25. The fraction of sp³-hybridized carbons (Fsp3) is 0.286. The molecular formula is C28H23F6NO2. The van der Waals surface area contributed by atoms with Gasteiger partial charge in [-0.05, 0) is 70.0 Å². The van der Waals surface area contributed by atoms with Crippen molar-refractivity contribution < 1.29 is 36.2 Å². The van der Waals surface area contributed by atoms with Crippen molar-refractivity contribution >= 4 is 12.2 Å². The van der Waals surface area contributed by atoms with Gasteiger partial charge in [0.2, 0.25) is 0 Å². The molecule has 3 aromatic carbocycles. The Bertz CT molecular complexity index is 1300. The minimum absolute atomic E-state index is 0.00396. The van der Waals surface area contributed by atoms with E-state index in [1.807, 2.05) is 26.0 Å². The maximum atomic E-state index is 13.5. The summed E-state index contributed by atoms with van der Waals surface area (Å²) in [5, 5.41) is 9.89. The van der Waals surface area contributed by atoms with Gasteiger partial charge in [0.05, 0.1) is 17.0 Å². The van der Waals surface area contributed by atoms with Crippen molar-refractivity contribution in [1.29, 1.82) is 0 Å². The van der Waals surface area contributed by atoms with Crippen molar-refractivity contribution in [3.63, 3.8) is 0 Å². The molecule has 0 spiro atoms. The minimum Gasteiger partial charge on any atom is -0.481 e. The van der Waals surface area contributed by atoms with Gasteiger partial charge in [0.15, 0.2) is 0 Å². The van der Waals surface area contributed by atoms with Crippen LogP contribution in [0, 0.1) is 5.92 Å². The quantitative estimate of drug-likeness (QED) is 0.319. The summed E-state index contributed by atoms with van der Waals surface area (Å²) in [7, 11) is 0. The number of rotatable bonds is 7. The summed E-state index contributed by atoms with van der Waals surface area (Å²) in [5.74, 6) is -2.14. The Morgan fingerprint density at radius 3 is 1.73 bits per heavy atom. The molecule has 1 N–H and O–H groups in total. The number of carbonyl (C=O) groups is 1. The summed E-state index contributed by atoms with van der Waals surface area (Å²) >= 11 is 0. The van der Waals surface area contributed by atoms with E-state index in [4.69, 9.17) is 0 Å². The van der Waals surface area contributed by atoms with Gasteiger partial charge in [-0.15, -0.1) is 0 Å². The molecular weight excluding hydrogens is 496 g/mol. The van der Waals surface area contributed by atoms with Crippen LogP contribution in [0.2, 0.25) is 0 Å². The third kappa shape index (κ3) is 6.21. The zero-order valence-corrected chi connectivity index (χ0v) is 19.9. The Kier molecular flexibility index (Phi) is 6.92. The molecule has 194 valence electrons. The molecule has 2 atom stereocenters. The molecule has 3 nitrogen and oxygen atoms in total. The van der Waals surface area contributed by atoms with Crippen LogP contribution < -0.4 is 0 Å². The first-order valence-corrected chi connectivity index (χ1v) is 11.5. The van der Waals surface area contributed by atoms with Gasteiger partial charge in [-0.1, -0.05) is 50.2 Å². The first-order chi connectivity index (χ1) is 17.2. The zero-order valence-electron chi connectivity index (χ0n) is 19.9. The monoisotopic (exact) mass is 519 g/mol. The normalized spacial score (nSPS) is 16.2. The van der Waals surface area contributed by atoms with Gasteiger partial charge >= 0.3 is 18.3 Å².